The second kappa shape index (κ2) is 9.28. The van der Waals surface area contributed by atoms with E-state index in [-0.39, 0.29) is 11.9 Å². The Balaban J connectivity index is 4.61. The lowest BCUT2D eigenvalue weighted by atomic mass is 10.1. The first-order chi connectivity index (χ1) is 8.77. The molecule has 0 heterocycles. The van der Waals surface area contributed by atoms with E-state index in [1.54, 1.807) is 19.0 Å². The van der Waals surface area contributed by atoms with Crippen molar-refractivity contribution < 1.29 is 4.79 Å². The van der Waals surface area contributed by atoms with Gasteiger partial charge in [-0.25, -0.2) is 0 Å². The van der Waals surface area contributed by atoms with Crippen LogP contribution in [-0.2, 0) is 4.79 Å². The van der Waals surface area contributed by atoms with Gasteiger partial charge in [0, 0.05) is 52.7 Å². The molecule has 0 radical (unpaired) electrons. The number of likely N-dealkylation sites (N-methyl/N-ethyl adjacent to an activating group) is 1. The summed E-state index contributed by atoms with van der Waals surface area (Å²) in [7, 11) is 7.72. The highest BCUT2D eigenvalue weighted by atomic mass is 16.2. The molecule has 5 nitrogen and oxygen atoms in total. The molecule has 5 heteroatoms. The Kier molecular flexibility index (Phi) is 8.97. The van der Waals surface area contributed by atoms with Crippen LogP contribution in [0.5, 0.6) is 0 Å². The number of nitrogens with two attached hydrogens (primary N) is 1. The lowest BCUT2D eigenvalue weighted by Crippen LogP contribution is -2.47. The van der Waals surface area contributed by atoms with E-state index in [1.165, 1.54) is 0 Å². The minimum atomic E-state index is 0.136. The average molecular weight is 272 g/mol. The van der Waals surface area contributed by atoms with Crippen molar-refractivity contribution in [3.63, 3.8) is 0 Å². The topological polar surface area (TPSA) is 52.8 Å². The summed E-state index contributed by atoms with van der Waals surface area (Å²) in [5.74, 6) is 0.722. The predicted octanol–water partition coefficient (Wildman–Crippen LogP) is 0.312. The van der Waals surface area contributed by atoms with Crippen LogP contribution in [0.15, 0.2) is 0 Å². The minimum absolute atomic E-state index is 0.136. The van der Waals surface area contributed by atoms with Crippen LogP contribution in [0.25, 0.3) is 0 Å². The largest absolute Gasteiger partial charge is 0.349 e. The van der Waals surface area contributed by atoms with Crippen molar-refractivity contribution in [3.05, 3.63) is 0 Å². The van der Waals surface area contributed by atoms with Gasteiger partial charge in [-0.2, -0.15) is 0 Å². The van der Waals surface area contributed by atoms with Gasteiger partial charge in [-0.1, -0.05) is 13.8 Å². The molecular formula is C14H32N4O. The Hall–Kier alpha value is -0.650. The highest BCUT2D eigenvalue weighted by molar-refractivity contribution is 5.76. The Morgan fingerprint density at radius 3 is 2.05 bits per heavy atom. The predicted molar refractivity (Wildman–Crippen MR) is 81.1 cm³/mol. The number of carbonyl (C=O) groups excluding carboxylic acids is 1. The zero-order valence-electron chi connectivity index (χ0n) is 13.5. The summed E-state index contributed by atoms with van der Waals surface area (Å²) < 4.78 is 0. The van der Waals surface area contributed by atoms with Crippen LogP contribution >= 0.6 is 0 Å². The van der Waals surface area contributed by atoms with Gasteiger partial charge in [-0.15, -0.1) is 0 Å². The average Bonchev–Trinajstić information content (AvgIpc) is 2.30. The highest BCUT2D eigenvalue weighted by Crippen LogP contribution is 2.09. The van der Waals surface area contributed by atoms with Gasteiger partial charge < -0.3 is 15.5 Å². The van der Waals surface area contributed by atoms with Gasteiger partial charge in [0.2, 0.25) is 5.91 Å². The van der Waals surface area contributed by atoms with E-state index in [4.69, 9.17) is 5.73 Å². The molecule has 0 aliphatic carbocycles. The Labute approximate surface area is 118 Å². The number of hydrogen-bond acceptors (Lipinski definition) is 4. The number of nitrogens with zero attached hydrogens (tertiary/aromatic N) is 3. The van der Waals surface area contributed by atoms with Crippen molar-refractivity contribution in [2.24, 2.45) is 11.7 Å². The van der Waals surface area contributed by atoms with Gasteiger partial charge in [0.25, 0.3) is 0 Å². The fraction of sp³-hybridized carbons (Fsp3) is 0.929. The zero-order valence-corrected chi connectivity index (χ0v) is 13.5. The molecule has 0 fully saturated rings. The second-order valence-electron chi connectivity index (χ2n) is 6.07. The molecule has 0 aliphatic rings. The standard InChI is InChI=1S/C14H32N4O/c1-12(2)11-18(8-7-16(3)4)13(10-15)9-14(19)17(5)6/h12-13H,7-11,15H2,1-6H3. The maximum absolute atomic E-state index is 11.9. The van der Waals surface area contributed by atoms with Crippen molar-refractivity contribution in [2.75, 3.05) is 54.4 Å². The van der Waals surface area contributed by atoms with Crippen LogP contribution in [-0.4, -0.2) is 81.0 Å². The van der Waals surface area contributed by atoms with Gasteiger partial charge in [0.1, 0.15) is 0 Å². The Morgan fingerprint density at radius 1 is 1.11 bits per heavy atom. The lowest BCUT2D eigenvalue weighted by molar-refractivity contribution is -0.130. The fourth-order valence-corrected chi connectivity index (χ4v) is 1.97. The zero-order chi connectivity index (χ0) is 15.0. The molecule has 0 rings (SSSR count). The first-order valence-corrected chi connectivity index (χ1v) is 7.06. The summed E-state index contributed by atoms with van der Waals surface area (Å²) >= 11 is 0. The monoisotopic (exact) mass is 272 g/mol. The maximum Gasteiger partial charge on any atom is 0.223 e. The Bertz CT molecular complexity index is 254. The van der Waals surface area contributed by atoms with E-state index in [0.29, 0.717) is 18.9 Å². The highest BCUT2D eigenvalue weighted by Gasteiger charge is 2.21. The number of rotatable bonds is 9. The van der Waals surface area contributed by atoms with Crippen molar-refractivity contribution in [1.29, 1.82) is 0 Å². The molecule has 0 aromatic rings. The molecule has 0 bridgehead atoms. The third kappa shape index (κ3) is 8.18. The van der Waals surface area contributed by atoms with Gasteiger partial charge in [0.05, 0.1) is 0 Å². The van der Waals surface area contributed by atoms with Crippen LogP contribution in [0.1, 0.15) is 20.3 Å². The molecule has 114 valence electrons. The van der Waals surface area contributed by atoms with Gasteiger partial charge >= 0.3 is 0 Å². The maximum atomic E-state index is 11.9. The fourth-order valence-electron chi connectivity index (χ4n) is 1.97. The van der Waals surface area contributed by atoms with Crippen LogP contribution in [0.2, 0.25) is 0 Å². The third-order valence-electron chi connectivity index (χ3n) is 3.13. The van der Waals surface area contributed by atoms with E-state index in [2.05, 4.69) is 37.7 Å². The molecule has 0 saturated carbocycles. The van der Waals surface area contributed by atoms with Crippen molar-refractivity contribution >= 4 is 5.91 Å². The molecule has 0 aliphatic heterocycles. The number of carbonyl (C=O) groups is 1. The third-order valence-corrected chi connectivity index (χ3v) is 3.13. The van der Waals surface area contributed by atoms with E-state index in [9.17, 15) is 4.79 Å². The van der Waals surface area contributed by atoms with Crippen molar-refractivity contribution in [3.8, 4) is 0 Å². The van der Waals surface area contributed by atoms with Crippen molar-refractivity contribution in [2.45, 2.75) is 26.3 Å². The molecule has 1 atom stereocenters. The minimum Gasteiger partial charge on any atom is -0.349 e. The SMILES string of the molecule is CC(C)CN(CCN(C)C)C(CN)CC(=O)N(C)C. The summed E-state index contributed by atoms with van der Waals surface area (Å²) in [5, 5.41) is 0. The first-order valence-electron chi connectivity index (χ1n) is 7.06. The Morgan fingerprint density at radius 2 is 1.68 bits per heavy atom. The number of hydrogen-bond donors (Lipinski definition) is 1. The summed E-state index contributed by atoms with van der Waals surface area (Å²) in [5.41, 5.74) is 5.88. The molecule has 0 spiro atoms. The molecule has 0 aromatic carbocycles. The van der Waals surface area contributed by atoms with Gasteiger partial charge in [0.15, 0.2) is 0 Å². The molecule has 0 aromatic heterocycles. The van der Waals surface area contributed by atoms with Crippen LogP contribution in [0.4, 0.5) is 0 Å². The van der Waals surface area contributed by atoms with Crippen molar-refractivity contribution in [1.82, 2.24) is 14.7 Å². The molecule has 19 heavy (non-hydrogen) atoms. The van der Waals surface area contributed by atoms with E-state index in [1.807, 2.05) is 0 Å². The summed E-state index contributed by atoms with van der Waals surface area (Å²) in [6.45, 7) is 7.84. The van der Waals surface area contributed by atoms with E-state index in [0.717, 1.165) is 19.6 Å². The summed E-state index contributed by atoms with van der Waals surface area (Å²) in [4.78, 5) is 18.0. The number of amides is 1. The molecule has 0 saturated heterocycles. The van der Waals surface area contributed by atoms with E-state index >= 15 is 0 Å². The first kappa shape index (κ1) is 18.4. The van der Waals surface area contributed by atoms with Crippen LogP contribution < -0.4 is 5.73 Å². The smallest absolute Gasteiger partial charge is 0.223 e. The molecule has 1 unspecified atom stereocenters. The summed E-state index contributed by atoms with van der Waals surface area (Å²) in [6, 6.07) is 0.136. The van der Waals surface area contributed by atoms with Crippen LogP contribution in [0.3, 0.4) is 0 Å². The normalized spacial score (nSPS) is 13.4. The molecule has 1 amide bonds. The quantitative estimate of drug-likeness (QED) is 0.656. The lowest BCUT2D eigenvalue weighted by Gasteiger charge is -2.33. The van der Waals surface area contributed by atoms with Gasteiger partial charge in [-0.3, -0.25) is 9.69 Å². The summed E-state index contributed by atoms with van der Waals surface area (Å²) in [6.07, 6.45) is 0.504. The van der Waals surface area contributed by atoms with Gasteiger partial charge in [-0.05, 0) is 20.0 Å². The second-order valence-corrected chi connectivity index (χ2v) is 6.07. The molecular weight excluding hydrogens is 240 g/mol. The molecule has 2 N–H and O–H groups in total. The van der Waals surface area contributed by atoms with E-state index < -0.39 is 0 Å². The van der Waals surface area contributed by atoms with Crippen LogP contribution in [0, 0.1) is 5.92 Å².